The van der Waals surface area contributed by atoms with Crippen LogP contribution >= 0.6 is 35.7 Å². The Labute approximate surface area is 197 Å². The van der Waals surface area contributed by atoms with Crippen molar-refractivity contribution in [2.75, 3.05) is 32.1 Å². The molecule has 0 fully saturated rings. The van der Waals surface area contributed by atoms with Crippen molar-refractivity contribution < 1.29 is 4.42 Å². The van der Waals surface area contributed by atoms with Gasteiger partial charge in [-0.1, -0.05) is 24.3 Å². The number of rotatable bonds is 12. The van der Waals surface area contributed by atoms with Crippen LogP contribution in [0, 0.1) is 0 Å². The lowest BCUT2D eigenvalue weighted by atomic mass is 10.1. The molecule has 7 heteroatoms. The van der Waals surface area contributed by atoms with Crippen LogP contribution in [-0.2, 0) is 19.6 Å². The highest BCUT2D eigenvalue weighted by Crippen LogP contribution is 2.14. The Hall–Kier alpha value is -1.19. The second kappa shape index (κ2) is 15.6. The van der Waals surface area contributed by atoms with E-state index in [4.69, 9.17) is 9.41 Å². The lowest BCUT2D eigenvalue weighted by Gasteiger charge is -2.17. The fourth-order valence-electron chi connectivity index (χ4n) is 2.97. The summed E-state index contributed by atoms with van der Waals surface area (Å²) < 4.78 is 5.46. The van der Waals surface area contributed by atoms with Gasteiger partial charge in [-0.3, -0.25) is 4.90 Å². The van der Waals surface area contributed by atoms with Crippen molar-refractivity contribution in [1.29, 1.82) is 0 Å². The molecule has 1 aromatic heterocycles. The molecule has 5 nitrogen and oxygen atoms in total. The van der Waals surface area contributed by atoms with Crippen LogP contribution < -0.4 is 10.6 Å². The molecule has 2 N–H and O–H groups in total. The molecule has 0 spiro atoms. The van der Waals surface area contributed by atoms with Gasteiger partial charge >= 0.3 is 0 Å². The number of aliphatic imine (C=N–C) groups is 1. The van der Waals surface area contributed by atoms with Crippen LogP contribution in [-0.4, -0.2) is 43.0 Å². The van der Waals surface area contributed by atoms with E-state index in [9.17, 15) is 0 Å². The highest BCUT2D eigenvalue weighted by molar-refractivity contribution is 14.0. The first kappa shape index (κ1) is 25.8. The standard InChI is InChI=1S/C22H34N4OS.HI/c1-4-23-22(24-13-7-8-15-28-3)25-16-19-10-5-6-11-20(19)17-26(2)18-21-12-9-14-27-21;/h5-6,9-12,14H,4,7-8,13,15-18H2,1-3H3,(H2,23,24,25);1H. The second-order valence-electron chi connectivity index (χ2n) is 6.84. The zero-order valence-electron chi connectivity index (χ0n) is 17.8. The van der Waals surface area contributed by atoms with E-state index < -0.39 is 0 Å². The fraction of sp³-hybridized carbons (Fsp3) is 0.500. The maximum Gasteiger partial charge on any atom is 0.191 e. The Bertz CT molecular complexity index is 694. The third-order valence-electron chi connectivity index (χ3n) is 4.38. The van der Waals surface area contributed by atoms with Crippen molar-refractivity contribution in [3.05, 3.63) is 59.5 Å². The number of halogens is 1. The molecule has 0 unspecified atom stereocenters. The Morgan fingerprint density at radius 2 is 1.86 bits per heavy atom. The van der Waals surface area contributed by atoms with Crippen molar-refractivity contribution >= 4 is 41.7 Å². The first-order valence-corrected chi connectivity index (χ1v) is 11.4. The predicted octanol–water partition coefficient (Wildman–Crippen LogP) is 4.73. The van der Waals surface area contributed by atoms with Crippen LogP contribution in [0.4, 0.5) is 0 Å². The zero-order chi connectivity index (χ0) is 20.0. The zero-order valence-corrected chi connectivity index (χ0v) is 21.0. The molecule has 162 valence electrons. The Morgan fingerprint density at radius 1 is 1.07 bits per heavy atom. The highest BCUT2D eigenvalue weighted by Gasteiger charge is 2.08. The predicted molar refractivity (Wildman–Crippen MR) is 136 cm³/mol. The minimum atomic E-state index is 0. The molecule has 0 amide bonds. The van der Waals surface area contributed by atoms with E-state index in [-0.39, 0.29) is 24.0 Å². The van der Waals surface area contributed by atoms with Gasteiger partial charge in [0, 0.05) is 19.6 Å². The van der Waals surface area contributed by atoms with Gasteiger partial charge < -0.3 is 15.1 Å². The van der Waals surface area contributed by atoms with E-state index in [0.717, 1.165) is 37.9 Å². The summed E-state index contributed by atoms with van der Waals surface area (Å²) in [5.74, 6) is 3.09. The van der Waals surface area contributed by atoms with Gasteiger partial charge in [-0.25, -0.2) is 4.99 Å². The highest BCUT2D eigenvalue weighted by atomic mass is 127. The first-order valence-electron chi connectivity index (χ1n) is 10.0. The largest absolute Gasteiger partial charge is 0.468 e. The average molecular weight is 531 g/mol. The third-order valence-corrected chi connectivity index (χ3v) is 5.08. The number of hydrogen-bond acceptors (Lipinski definition) is 4. The molecule has 0 aliphatic rings. The average Bonchev–Trinajstić information content (AvgIpc) is 3.19. The maximum atomic E-state index is 5.46. The maximum absolute atomic E-state index is 5.46. The number of hydrogen-bond donors (Lipinski definition) is 2. The van der Waals surface area contributed by atoms with Gasteiger partial charge in [0.2, 0.25) is 0 Å². The number of furan rings is 1. The summed E-state index contributed by atoms with van der Waals surface area (Å²) in [6.45, 7) is 6.26. The summed E-state index contributed by atoms with van der Waals surface area (Å²) in [7, 11) is 2.11. The molecule has 2 rings (SSSR count). The van der Waals surface area contributed by atoms with Crippen LogP contribution in [0.5, 0.6) is 0 Å². The van der Waals surface area contributed by atoms with E-state index in [1.807, 2.05) is 23.9 Å². The SMILES string of the molecule is CCNC(=NCc1ccccc1CN(C)Cc1ccco1)NCCCCSC.I. The van der Waals surface area contributed by atoms with Crippen molar-refractivity contribution in [2.45, 2.75) is 39.4 Å². The summed E-state index contributed by atoms with van der Waals surface area (Å²) in [5, 5.41) is 6.79. The molecule has 1 heterocycles. The summed E-state index contributed by atoms with van der Waals surface area (Å²) in [6, 6.07) is 12.5. The van der Waals surface area contributed by atoms with Crippen LogP contribution in [0.1, 0.15) is 36.7 Å². The second-order valence-corrected chi connectivity index (χ2v) is 7.83. The molecule has 0 atom stereocenters. The molecule has 0 bridgehead atoms. The quantitative estimate of drug-likeness (QED) is 0.180. The Morgan fingerprint density at radius 3 is 2.55 bits per heavy atom. The van der Waals surface area contributed by atoms with Crippen molar-refractivity contribution in [3.63, 3.8) is 0 Å². The molecule has 0 aliphatic heterocycles. The number of benzene rings is 1. The van der Waals surface area contributed by atoms with Gasteiger partial charge in [-0.05, 0) is 62.1 Å². The van der Waals surface area contributed by atoms with E-state index in [1.54, 1.807) is 6.26 Å². The minimum Gasteiger partial charge on any atom is -0.468 e. The summed E-state index contributed by atoms with van der Waals surface area (Å²) in [4.78, 5) is 7.06. The molecule has 0 radical (unpaired) electrons. The topological polar surface area (TPSA) is 52.8 Å². The van der Waals surface area contributed by atoms with E-state index in [2.05, 4.69) is 60.0 Å². The van der Waals surface area contributed by atoms with Gasteiger partial charge in [0.25, 0.3) is 0 Å². The van der Waals surface area contributed by atoms with Crippen molar-refractivity contribution in [3.8, 4) is 0 Å². The molecule has 0 saturated carbocycles. The van der Waals surface area contributed by atoms with Crippen molar-refractivity contribution in [2.24, 2.45) is 4.99 Å². The number of nitrogens with one attached hydrogen (secondary N) is 2. The first-order chi connectivity index (χ1) is 13.7. The van der Waals surface area contributed by atoms with Gasteiger partial charge in [0.1, 0.15) is 5.76 Å². The number of thioether (sulfide) groups is 1. The molecule has 0 saturated heterocycles. The number of unbranched alkanes of at least 4 members (excludes halogenated alkanes) is 1. The van der Waals surface area contributed by atoms with Gasteiger partial charge in [-0.2, -0.15) is 11.8 Å². The minimum absolute atomic E-state index is 0. The smallest absolute Gasteiger partial charge is 0.191 e. The molecule has 2 aromatic rings. The van der Waals surface area contributed by atoms with E-state index in [0.29, 0.717) is 6.54 Å². The molecule has 1 aromatic carbocycles. The Balaban J connectivity index is 0.00000420. The molecular formula is C22H35IN4OS. The lowest BCUT2D eigenvalue weighted by molar-refractivity contribution is 0.287. The van der Waals surface area contributed by atoms with E-state index >= 15 is 0 Å². The fourth-order valence-corrected chi connectivity index (χ4v) is 3.46. The summed E-state index contributed by atoms with van der Waals surface area (Å²) in [6.07, 6.45) is 6.28. The molecular weight excluding hydrogens is 495 g/mol. The van der Waals surface area contributed by atoms with Gasteiger partial charge in [-0.15, -0.1) is 24.0 Å². The third kappa shape index (κ3) is 10.4. The number of nitrogens with zero attached hydrogens (tertiary/aromatic N) is 2. The summed E-state index contributed by atoms with van der Waals surface area (Å²) in [5.41, 5.74) is 2.56. The van der Waals surface area contributed by atoms with Crippen LogP contribution in [0.2, 0.25) is 0 Å². The number of guanidine groups is 1. The monoisotopic (exact) mass is 530 g/mol. The normalized spacial score (nSPS) is 11.4. The van der Waals surface area contributed by atoms with Gasteiger partial charge in [0.15, 0.2) is 5.96 Å². The Kier molecular flexibility index (Phi) is 13.9. The molecule has 0 aliphatic carbocycles. The lowest BCUT2D eigenvalue weighted by Crippen LogP contribution is -2.37. The van der Waals surface area contributed by atoms with Crippen LogP contribution in [0.25, 0.3) is 0 Å². The van der Waals surface area contributed by atoms with E-state index in [1.165, 1.54) is 29.7 Å². The molecule has 29 heavy (non-hydrogen) atoms. The van der Waals surface area contributed by atoms with Crippen molar-refractivity contribution in [1.82, 2.24) is 15.5 Å². The van der Waals surface area contributed by atoms with Gasteiger partial charge in [0.05, 0.1) is 19.4 Å². The summed E-state index contributed by atoms with van der Waals surface area (Å²) >= 11 is 1.90. The van der Waals surface area contributed by atoms with Crippen LogP contribution in [0.15, 0.2) is 52.1 Å². The van der Waals surface area contributed by atoms with Crippen LogP contribution in [0.3, 0.4) is 0 Å².